The van der Waals surface area contributed by atoms with Crippen molar-refractivity contribution >= 4 is 17.4 Å². The van der Waals surface area contributed by atoms with E-state index in [1.807, 2.05) is 0 Å². The molecular weight excluding hydrogens is 270 g/mol. The van der Waals surface area contributed by atoms with Crippen LogP contribution in [0.2, 0.25) is 5.15 Å². The van der Waals surface area contributed by atoms with Crippen LogP contribution in [-0.4, -0.2) is 56.1 Å². The molecule has 6 nitrogen and oxygen atoms in total. The highest BCUT2D eigenvalue weighted by Crippen LogP contribution is 2.23. The van der Waals surface area contributed by atoms with Crippen LogP contribution in [0, 0.1) is 0 Å². The van der Waals surface area contributed by atoms with Gasteiger partial charge in [-0.15, -0.1) is 0 Å². The number of hydrogen-bond donors (Lipinski definition) is 0. The predicted molar refractivity (Wildman–Crippen MR) is 69.6 cm³/mol. The first-order valence-corrected chi connectivity index (χ1v) is 6.77. The van der Waals surface area contributed by atoms with Gasteiger partial charge in [-0.3, -0.25) is 0 Å². The smallest absolute Gasteiger partial charge is 0.163 e. The number of rotatable bonds is 2. The zero-order chi connectivity index (χ0) is 13.1. The second-order valence-electron chi connectivity index (χ2n) is 4.44. The zero-order valence-corrected chi connectivity index (χ0v) is 11.3. The number of nitrogens with zero attached hydrogens (tertiary/aromatic N) is 3. The molecule has 2 saturated heterocycles. The molecule has 1 aromatic rings. The molecule has 2 aliphatic heterocycles. The SMILES string of the molecule is Clc1cc(N2CCOCC2)nc(C2COCCO2)n1. The first-order chi connectivity index (χ1) is 9.33. The molecule has 19 heavy (non-hydrogen) atoms. The molecule has 0 radical (unpaired) electrons. The van der Waals surface area contributed by atoms with Crippen LogP contribution in [0.3, 0.4) is 0 Å². The number of anilines is 1. The molecule has 0 aromatic carbocycles. The Kier molecular flexibility index (Phi) is 4.12. The molecule has 7 heteroatoms. The molecular formula is C12H16ClN3O3. The number of aromatic nitrogens is 2. The van der Waals surface area contributed by atoms with Crippen LogP contribution in [0.5, 0.6) is 0 Å². The summed E-state index contributed by atoms with van der Waals surface area (Å²) >= 11 is 6.08. The van der Waals surface area contributed by atoms with Gasteiger partial charge in [0.2, 0.25) is 0 Å². The number of hydrogen-bond acceptors (Lipinski definition) is 6. The maximum Gasteiger partial charge on any atom is 0.163 e. The van der Waals surface area contributed by atoms with Crippen LogP contribution in [0.4, 0.5) is 5.82 Å². The first-order valence-electron chi connectivity index (χ1n) is 6.39. The van der Waals surface area contributed by atoms with Crippen LogP contribution in [-0.2, 0) is 14.2 Å². The second-order valence-corrected chi connectivity index (χ2v) is 4.83. The Morgan fingerprint density at radius 2 is 1.95 bits per heavy atom. The summed E-state index contributed by atoms with van der Waals surface area (Å²) in [6, 6.07) is 1.78. The van der Waals surface area contributed by atoms with Gasteiger partial charge < -0.3 is 19.1 Å². The lowest BCUT2D eigenvalue weighted by molar-refractivity contribution is -0.0935. The van der Waals surface area contributed by atoms with Gasteiger partial charge in [0, 0.05) is 19.2 Å². The van der Waals surface area contributed by atoms with Crippen molar-refractivity contribution in [3.63, 3.8) is 0 Å². The average molecular weight is 286 g/mol. The van der Waals surface area contributed by atoms with E-state index >= 15 is 0 Å². The Hall–Kier alpha value is -0.950. The standard InChI is InChI=1S/C12H16ClN3O3/c13-10-7-11(16-1-3-17-4-2-16)15-12(14-10)9-8-18-5-6-19-9/h7,9H,1-6,8H2. The Bertz CT molecular complexity index is 398. The summed E-state index contributed by atoms with van der Waals surface area (Å²) in [5.74, 6) is 1.42. The molecule has 0 bridgehead atoms. The van der Waals surface area contributed by atoms with Crippen molar-refractivity contribution in [2.45, 2.75) is 6.10 Å². The second kappa shape index (κ2) is 6.00. The van der Waals surface area contributed by atoms with Gasteiger partial charge >= 0.3 is 0 Å². The van der Waals surface area contributed by atoms with Gasteiger partial charge in [0.25, 0.3) is 0 Å². The molecule has 0 amide bonds. The molecule has 1 atom stereocenters. The Morgan fingerprint density at radius 3 is 2.68 bits per heavy atom. The van der Waals surface area contributed by atoms with Crippen molar-refractivity contribution < 1.29 is 14.2 Å². The van der Waals surface area contributed by atoms with Gasteiger partial charge in [-0.25, -0.2) is 9.97 Å². The molecule has 1 unspecified atom stereocenters. The van der Waals surface area contributed by atoms with E-state index in [9.17, 15) is 0 Å². The lowest BCUT2D eigenvalue weighted by atomic mass is 10.3. The number of morpholine rings is 1. The van der Waals surface area contributed by atoms with Gasteiger partial charge in [0.05, 0.1) is 33.0 Å². The van der Waals surface area contributed by atoms with Crippen LogP contribution in [0.25, 0.3) is 0 Å². The summed E-state index contributed by atoms with van der Waals surface area (Å²) in [4.78, 5) is 10.9. The number of ether oxygens (including phenoxy) is 3. The fraction of sp³-hybridized carbons (Fsp3) is 0.667. The molecule has 2 aliphatic rings. The Balaban J connectivity index is 1.82. The summed E-state index contributed by atoms with van der Waals surface area (Å²) in [6.45, 7) is 4.70. The molecule has 0 saturated carbocycles. The monoisotopic (exact) mass is 285 g/mol. The topological polar surface area (TPSA) is 56.7 Å². The van der Waals surface area contributed by atoms with Gasteiger partial charge in [-0.05, 0) is 0 Å². The molecule has 104 valence electrons. The summed E-state index contributed by atoms with van der Waals surface area (Å²) < 4.78 is 16.3. The van der Waals surface area contributed by atoms with E-state index in [0.717, 1.165) is 18.9 Å². The quantitative estimate of drug-likeness (QED) is 0.757. The highest BCUT2D eigenvalue weighted by Gasteiger charge is 2.22. The largest absolute Gasteiger partial charge is 0.378 e. The highest BCUT2D eigenvalue weighted by molar-refractivity contribution is 6.29. The third-order valence-corrected chi connectivity index (χ3v) is 3.33. The molecule has 0 aliphatic carbocycles. The van der Waals surface area contributed by atoms with E-state index in [4.69, 9.17) is 25.8 Å². The Labute approximate surface area is 116 Å². The molecule has 0 spiro atoms. The average Bonchev–Trinajstić information content (AvgIpc) is 2.48. The van der Waals surface area contributed by atoms with Gasteiger partial charge in [0.1, 0.15) is 17.1 Å². The summed E-state index contributed by atoms with van der Waals surface area (Å²) in [5.41, 5.74) is 0. The van der Waals surface area contributed by atoms with Crippen molar-refractivity contribution in [3.05, 3.63) is 17.0 Å². The van der Waals surface area contributed by atoms with Crippen LogP contribution in [0.1, 0.15) is 11.9 Å². The molecule has 3 rings (SSSR count). The highest BCUT2D eigenvalue weighted by atomic mass is 35.5. The summed E-state index contributed by atoms with van der Waals surface area (Å²) in [6.07, 6.45) is -0.229. The van der Waals surface area contributed by atoms with E-state index in [2.05, 4.69) is 14.9 Å². The van der Waals surface area contributed by atoms with Crippen molar-refractivity contribution in [1.29, 1.82) is 0 Å². The maximum absolute atomic E-state index is 6.08. The normalized spacial score (nSPS) is 24.5. The third-order valence-electron chi connectivity index (χ3n) is 3.14. The van der Waals surface area contributed by atoms with E-state index in [1.165, 1.54) is 0 Å². The molecule has 3 heterocycles. The minimum atomic E-state index is -0.229. The van der Waals surface area contributed by atoms with E-state index in [1.54, 1.807) is 6.07 Å². The minimum Gasteiger partial charge on any atom is -0.378 e. The molecule has 2 fully saturated rings. The van der Waals surface area contributed by atoms with Gasteiger partial charge in [0.15, 0.2) is 5.82 Å². The van der Waals surface area contributed by atoms with Gasteiger partial charge in [-0.2, -0.15) is 0 Å². The van der Waals surface area contributed by atoms with Crippen LogP contribution < -0.4 is 4.90 Å². The van der Waals surface area contributed by atoms with E-state index in [-0.39, 0.29) is 6.10 Å². The maximum atomic E-state index is 6.08. The van der Waals surface area contributed by atoms with Crippen LogP contribution in [0.15, 0.2) is 6.07 Å². The van der Waals surface area contributed by atoms with E-state index in [0.29, 0.717) is 44.0 Å². The fourth-order valence-corrected chi connectivity index (χ4v) is 2.34. The third kappa shape index (κ3) is 3.14. The molecule has 1 aromatic heterocycles. The zero-order valence-electron chi connectivity index (χ0n) is 10.5. The first kappa shape index (κ1) is 13.1. The summed E-state index contributed by atoms with van der Waals surface area (Å²) in [7, 11) is 0. The number of halogens is 1. The fourth-order valence-electron chi connectivity index (χ4n) is 2.16. The molecule has 0 N–H and O–H groups in total. The minimum absolute atomic E-state index is 0.229. The summed E-state index contributed by atoms with van der Waals surface area (Å²) in [5, 5.41) is 0.431. The lowest BCUT2D eigenvalue weighted by Crippen LogP contribution is -2.37. The van der Waals surface area contributed by atoms with Crippen molar-refractivity contribution in [2.75, 3.05) is 51.0 Å². The van der Waals surface area contributed by atoms with Crippen molar-refractivity contribution in [3.8, 4) is 0 Å². The predicted octanol–water partition coefficient (Wildman–Crippen LogP) is 1.05. The van der Waals surface area contributed by atoms with Crippen molar-refractivity contribution in [2.24, 2.45) is 0 Å². The Morgan fingerprint density at radius 1 is 1.11 bits per heavy atom. The lowest BCUT2D eigenvalue weighted by Gasteiger charge is -2.29. The van der Waals surface area contributed by atoms with Crippen molar-refractivity contribution in [1.82, 2.24) is 9.97 Å². The van der Waals surface area contributed by atoms with E-state index < -0.39 is 0 Å². The van der Waals surface area contributed by atoms with Gasteiger partial charge in [-0.1, -0.05) is 11.6 Å². The van der Waals surface area contributed by atoms with Crippen LogP contribution >= 0.6 is 11.6 Å².